The van der Waals surface area contributed by atoms with Crippen LogP contribution < -0.4 is 24.8 Å². The van der Waals surface area contributed by atoms with Crippen LogP contribution in [-0.2, 0) is 25.2 Å². The monoisotopic (exact) mass is 467 g/mol. The Kier molecular flexibility index (Phi) is 12.6. The van der Waals surface area contributed by atoms with E-state index in [1.54, 1.807) is 0 Å². The predicted octanol–water partition coefficient (Wildman–Crippen LogP) is 0.478. The Morgan fingerprint density at radius 3 is 1.48 bits per heavy atom. The minimum Gasteiger partial charge on any atom is -0.168 e. The summed E-state index contributed by atoms with van der Waals surface area (Å²) in [5, 5.41) is 5.32. The fourth-order valence-corrected chi connectivity index (χ4v) is 4.23. The Morgan fingerprint density at radius 2 is 1.03 bits per heavy atom. The molecule has 0 aliphatic carbocycles. The number of hydrogen-bond donors (Lipinski definition) is 0. The van der Waals surface area contributed by atoms with Crippen LogP contribution in [0.4, 0.5) is 0 Å². The van der Waals surface area contributed by atoms with Gasteiger partial charge in [0.25, 0.3) is 0 Å². The van der Waals surface area contributed by atoms with E-state index < -0.39 is 0 Å². The maximum Gasteiger partial charge on any atom is -0.0809 e. The van der Waals surface area contributed by atoms with Gasteiger partial charge in [-0.05, 0) is 0 Å². The first-order chi connectivity index (χ1) is 13.4. The van der Waals surface area contributed by atoms with Crippen molar-refractivity contribution in [3.8, 4) is 0 Å². The number of fused-ring (bicyclic) bond motifs is 2. The molecule has 1 radical (unpaired) electrons. The van der Waals surface area contributed by atoms with Gasteiger partial charge in [-0.2, -0.15) is 35.0 Å². The van der Waals surface area contributed by atoms with Gasteiger partial charge in [0.2, 0.25) is 0 Å². The van der Waals surface area contributed by atoms with Crippen LogP contribution in [0.2, 0.25) is 0 Å². The van der Waals surface area contributed by atoms with Crippen molar-refractivity contribution in [3.05, 3.63) is 121 Å². The predicted molar refractivity (Wildman–Crippen MR) is 115 cm³/mol. The van der Waals surface area contributed by atoms with Gasteiger partial charge < -0.3 is 24.8 Å². The quantitative estimate of drug-likeness (QED) is 0.261. The zero-order valence-electron chi connectivity index (χ0n) is 15.9. The average Bonchev–Trinajstić information content (AvgIpc) is 3.39. The molecule has 0 saturated carbocycles. The molecule has 0 bridgehead atoms. The van der Waals surface area contributed by atoms with E-state index in [2.05, 4.69) is 134 Å². The summed E-state index contributed by atoms with van der Waals surface area (Å²) < 4.78 is 0. The third kappa shape index (κ3) is 8.34. The molecule has 4 heteroatoms. The summed E-state index contributed by atoms with van der Waals surface area (Å²) in [4.78, 5) is 0. The van der Waals surface area contributed by atoms with Gasteiger partial charge in [-0.3, -0.25) is 0 Å². The van der Waals surface area contributed by atoms with Gasteiger partial charge in [0.1, 0.15) is 0 Å². The summed E-state index contributed by atoms with van der Waals surface area (Å²) in [6.07, 6.45) is 0. The van der Waals surface area contributed by atoms with Crippen LogP contribution in [0.1, 0.15) is 5.56 Å². The first-order valence-electron chi connectivity index (χ1n) is 9.01. The van der Waals surface area contributed by atoms with Gasteiger partial charge in [0, 0.05) is 0 Å². The van der Waals surface area contributed by atoms with Gasteiger partial charge in [-0.25, -0.2) is 0 Å². The maximum atomic E-state index is 2.23. The van der Waals surface area contributed by atoms with Crippen molar-refractivity contribution in [3.63, 3.8) is 0 Å². The Labute approximate surface area is 198 Å². The molecule has 29 heavy (non-hydrogen) atoms. The van der Waals surface area contributed by atoms with Crippen molar-refractivity contribution in [1.82, 2.24) is 0 Å². The van der Waals surface area contributed by atoms with E-state index in [0.717, 1.165) is 6.91 Å². The number of hydrogen-bond acceptors (Lipinski definition) is 0. The number of halogens is 2. The van der Waals surface area contributed by atoms with E-state index in [9.17, 15) is 0 Å². The molecular weight excluding hydrogens is 447 g/mol. The van der Waals surface area contributed by atoms with Crippen LogP contribution in [0.15, 0.2) is 115 Å². The summed E-state index contributed by atoms with van der Waals surface area (Å²) in [6, 6.07) is 41.2. The summed E-state index contributed by atoms with van der Waals surface area (Å²) >= 11 is 2.23. The molecule has 145 valence electrons. The van der Waals surface area contributed by atoms with Crippen molar-refractivity contribution >= 4 is 28.5 Å². The van der Waals surface area contributed by atoms with Crippen LogP contribution >= 0.6 is 0 Å². The van der Waals surface area contributed by atoms with Gasteiger partial charge in [-0.1, -0.05) is 12.1 Å². The topological polar surface area (TPSA) is 0 Å². The fraction of sp³-hybridized carbons (Fsp3) is 0.0400. The third-order valence-corrected chi connectivity index (χ3v) is 5.64. The number of benzene rings is 3. The van der Waals surface area contributed by atoms with Gasteiger partial charge in [0.15, 0.2) is 0 Å². The summed E-state index contributed by atoms with van der Waals surface area (Å²) in [6.45, 7) is 1.04. The number of rotatable bonds is 2. The smallest absolute Gasteiger partial charge is 0.0809 e. The van der Waals surface area contributed by atoms with Crippen molar-refractivity contribution in [1.29, 1.82) is 0 Å². The van der Waals surface area contributed by atoms with E-state index in [0.29, 0.717) is 0 Å². The second-order valence-corrected chi connectivity index (χ2v) is 8.51. The van der Waals surface area contributed by atoms with Crippen molar-refractivity contribution in [2.45, 2.75) is 6.04 Å². The SMILES string of the molecule is [Cl-].[Cl-].[Ti+2]=[Si]Cc1ccccc1.c1ccc2[cH-]ccc2c1.c1ccc2[cH-]ccc2c1. The van der Waals surface area contributed by atoms with Gasteiger partial charge in [-0.15, -0.1) is 59.3 Å². The van der Waals surface area contributed by atoms with Crippen molar-refractivity contribution in [2.75, 3.05) is 0 Å². The van der Waals surface area contributed by atoms with E-state index in [-0.39, 0.29) is 24.8 Å². The summed E-state index contributed by atoms with van der Waals surface area (Å²) in [7, 11) is 0. The molecule has 5 aromatic rings. The van der Waals surface area contributed by atoms with Gasteiger partial charge in [0.05, 0.1) is 0 Å². The molecule has 0 spiro atoms. The third-order valence-electron chi connectivity index (χ3n) is 4.23. The zero-order chi connectivity index (χ0) is 18.7. The first-order valence-corrected chi connectivity index (χ1v) is 12.6. The largest absolute Gasteiger partial charge is 0.168 e. The van der Waals surface area contributed by atoms with E-state index in [1.807, 2.05) is 0 Å². The van der Waals surface area contributed by atoms with Crippen molar-refractivity contribution in [2.24, 2.45) is 0 Å². The van der Waals surface area contributed by atoms with Crippen molar-refractivity contribution < 1.29 is 44.0 Å². The second kappa shape index (κ2) is 14.4. The van der Waals surface area contributed by atoms with E-state index in [4.69, 9.17) is 0 Å². The standard InChI is InChI=1S/2C9H7.C7H7Si.2ClH.Ti/c2*1-2-5-9-7-3-6-8(9)4-1;8-6-7-4-2-1-3-5-7;;;/h2*1-7H;1-5H,6H2;2*1H;/q2*-1;;;;+2/p-2. The molecule has 5 aromatic carbocycles. The minimum absolute atomic E-state index is 0. The summed E-state index contributed by atoms with van der Waals surface area (Å²) in [5.74, 6) is 0. The Hall–Kier alpha value is -1.61. The second-order valence-electron chi connectivity index (χ2n) is 6.15. The fourth-order valence-electron chi connectivity index (χ4n) is 2.84. The average molecular weight is 468 g/mol. The summed E-state index contributed by atoms with van der Waals surface area (Å²) in [5.41, 5.74) is 1.46. The minimum atomic E-state index is 0. The molecule has 0 aromatic heterocycles. The van der Waals surface area contributed by atoms with Crippen LogP contribution in [0.25, 0.3) is 21.5 Å². The first kappa shape index (κ1) is 25.4. The van der Waals surface area contributed by atoms with Crippen LogP contribution in [-0.4, -0.2) is 6.91 Å². The maximum absolute atomic E-state index is 2.23. The van der Waals surface area contributed by atoms with Gasteiger partial charge >= 0.3 is 68.0 Å². The molecule has 0 heterocycles. The molecular formula is C25H21Cl2SiTi-2. The Morgan fingerprint density at radius 1 is 0.586 bits per heavy atom. The molecule has 0 atom stereocenters. The molecule has 0 fully saturated rings. The molecule has 5 rings (SSSR count). The molecule has 0 nitrogen and oxygen atoms in total. The van der Waals surface area contributed by atoms with Crippen LogP contribution in [0.5, 0.6) is 0 Å². The zero-order valence-corrected chi connectivity index (χ0v) is 20.0. The molecule has 0 amide bonds. The van der Waals surface area contributed by atoms with Crippen LogP contribution in [0, 0.1) is 0 Å². The Balaban J connectivity index is 0.000000210. The molecule has 0 N–H and O–H groups in total. The van der Waals surface area contributed by atoms with E-state index in [1.165, 1.54) is 33.2 Å². The van der Waals surface area contributed by atoms with Crippen LogP contribution in [0.3, 0.4) is 0 Å². The Bertz CT molecular complexity index is 957. The molecule has 0 unspecified atom stereocenters. The molecule has 0 saturated heterocycles. The van der Waals surface area contributed by atoms with E-state index >= 15 is 0 Å². The molecule has 0 aliphatic heterocycles. The normalized spacial score (nSPS) is 9.17. The molecule has 0 aliphatic rings.